The first-order chi connectivity index (χ1) is 16.8. The summed E-state index contributed by atoms with van der Waals surface area (Å²) in [6, 6.07) is 7.84. The van der Waals surface area contributed by atoms with Crippen molar-refractivity contribution in [3.8, 4) is 0 Å². The monoisotopic (exact) mass is 568 g/mol. The SMILES string of the molecule is O=C(C1CC1c1ccc(Sc2ccc([C@@H]3C[C@H]3C(=O)N3CCC3)c(Cl)c2Cl)c(Cl)c1Cl)N1CCC1. The van der Waals surface area contributed by atoms with Crippen molar-refractivity contribution < 1.29 is 9.59 Å². The molecule has 2 aliphatic heterocycles. The lowest BCUT2D eigenvalue weighted by atomic mass is 10.1. The fourth-order valence-corrected chi connectivity index (χ4v) is 7.30. The summed E-state index contributed by atoms with van der Waals surface area (Å²) in [6.45, 7) is 3.46. The van der Waals surface area contributed by atoms with Crippen molar-refractivity contribution in [2.75, 3.05) is 26.2 Å². The number of nitrogens with zero attached hydrogens (tertiary/aromatic N) is 2. The minimum Gasteiger partial charge on any atom is -0.342 e. The van der Waals surface area contributed by atoms with Crippen LogP contribution in [0, 0.1) is 11.8 Å². The van der Waals surface area contributed by atoms with E-state index in [0.717, 1.165) is 72.8 Å². The maximum absolute atomic E-state index is 12.5. The lowest BCUT2D eigenvalue weighted by molar-refractivity contribution is -0.136. The molecule has 2 aliphatic carbocycles. The third-order valence-corrected chi connectivity index (χ3v) is 10.9. The second-order valence-electron chi connectivity index (χ2n) is 9.92. The first-order valence-corrected chi connectivity index (χ1v) is 14.4. The standard InChI is InChI=1S/C26H24Cl4N2O2S/c27-21-13(15-11-17(15)25(33)31-7-1-8-31)3-5-19(23(21)29)35-20-6-4-14(22(28)24(20)30)16-12-18(16)26(34)32-9-2-10-32/h3-6,15-18H,1-2,7-12H2/t15-,16?,17+,18?/m0/s1. The molecular weight excluding hydrogens is 546 g/mol. The molecule has 4 fully saturated rings. The van der Waals surface area contributed by atoms with Crippen LogP contribution in [0.15, 0.2) is 34.1 Å². The number of benzene rings is 2. The van der Waals surface area contributed by atoms with Crippen molar-refractivity contribution in [1.29, 1.82) is 0 Å². The Bertz CT molecular complexity index is 1140. The fraction of sp³-hybridized carbons (Fsp3) is 0.462. The van der Waals surface area contributed by atoms with Gasteiger partial charge in [-0.3, -0.25) is 9.59 Å². The summed E-state index contributed by atoms with van der Waals surface area (Å²) >= 11 is 28.1. The molecule has 2 unspecified atom stereocenters. The average molecular weight is 570 g/mol. The number of amides is 2. The molecule has 4 atom stereocenters. The maximum Gasteiger partial charge on any atom is 0.226 e. The maximum atomic E-state index is 12.5. The van der Waals surface area contributed by atoms with Gasteiger partial charge in [0.1, 0.15) is 0 Å². The Morgan fingerprint density at radius 3 is 1.40 bits per heavy atom. The topological polar surface area (TPSA) is 40.6 Å². The van der Waals surface area contributed by atoms with Crippen molar-refractivity contribution in [1.82, 2.24) is 9.80 Å². The van der Waals surface area contributed by atoms with Crippen LogP contribution in [0.4, 0.5) is 0 Å². The summed E-state index contributed by atoms with van der Waals surface area (Å²) in [4.78, 5) is 30.5. The number of hydrogen-bond acceptors (Lipinski definition) is 3. The molecule has 2 amide bonds. The average Bonchev–Trinajstić information content (AvgIpc) is 3.66. The van der Waals surface area contributed by atoms with Crippen LogP contribution in [0.2, 0.25) is 20.1 Å². The van der Waals surface area contributed by atoms with Gasteiger partial charge in [-0.05, 0) is 60.8 Å². The van der Waals surface area contributed by atoms with Crippen LogP contribution < -0.4 is 0 Å². The minimum absolute atomic E-state index is 0.0161. The Labute approximate surface area is 229 Å². The van der Waals surface area contributed by atoms with Gasteiger partial charge in [0.25, 0.3) is 0 Å². The highest BCUT2D eigenvalue weighted by Gasteiger charge is 2.48. The van der Waals surface area contributed by atoms with Gasteiger partial charge in [-0.25, -0.2) is 0 Å². The van der Waals surface area contributed by atoms with Gasteiger partial charge in [0.15, 0.2) is 0 Å². The Kier molecular flexibility index (Phi) is 6.46. The number of hydrogen-bond donors (Lipinski definition) is 0. The van der Waals surface area contributed by atoms with Crippen LogP contribution in [0.5, 0.6) is 0 Å². The Morgan fingerprint density at radius 2 is 1.06 bits per heavy atom. The van der Waals surface area contributed by atoms with Crippen LogP contribution in [0.1, 0.15) is 48.6 Å². The number of halogens is 4. The first-order valence-electron chi connectivity index (χ1n) is 12.1. The largest absolute Gasteiger partial charge is 0.342 e. The molecule has 35 heavy (non-hydrogen) atoms. The summed E-state index contributed by atoms with van der Waals surface area (Å²) in [5.41, 5.74) is 1.87. The van der Waals surface area contributed by atoms with E-state index in [9.17, 15) is 9.59 Å². The highest BCUT2D eigenvalue weighted by atomic mass is 35.5. The first kappa shape index (κ1) is 24.2. The van der Waals surface area contributed by atoms with Gasteiger partial charge in [-0.1, -0.05) is 70.3 Å². The van der Waals surface area contributed by atoms with Gasteiger partial charge >= 0.3 is 0 Å². The van der Waals surface area contributed by atoms with E-state index in [1.165, 1.54) is 11.8 Å². The van der Waals surface area contributed by atoms with E-state index in [0.29, 0.717) is 20.1 Å². The summed E-state index contributed by atoms with van der Waals surface area (Å²) < 4.78 is 0. The van der Waals surface area contributed by atoms with E-state index in [1.807, 2.05) is 34.1 Å². The predicted molar refractivity (Wildman–Crippen MR) is 141 cm³/mol. The minimum atomic E-state index is 0.0161. The molecule has 4 nitrogen and oxygen atoms in total. The molecule has 0 radical (unpaired) electrons. The zero-order chi connectivity index (χ0) is 24.4. The van der Waals surface area contributed by atoms with Gasteiger partial charge in [0.05, 0.1) is 20.1 Å². The normalized spacial score (nSPS) is 26.7. The van der Waals surface area contributed by atoms with E-state index >= 15 is 0 Å². The lowest BCUT2D eigenvalue weighted by Gasteiger charge is -2.31. The second-order valence-corrected chi connectivity index (χ2v) is 12.5. The van der Waals surface area contributed by atoms with E-state index in [2.05, 4.69) is 0 Å². The molecule has 0 N–H and O–H groups in total. The van der Waals surface area contributed by atoms with Crippen molar-refractivity contribution in [3.63, 3.8) is 0 Å². The van der Waals surface area contributed by atoms with Crippen LogP contribution in [0.3, 0.4) is 0 Å². The molecule has 2 heterocycles. The fourth-order valence-electron chi connectivity index (χ4n) is 5.11. The summed E-state index contributed by atoms with van der Waals surface area (Å²) in [5, 5.41) is 1.94. The zero-order valence-corrected chi connectivity index (χ0v) is 22.7. The Hall–Kier alpha value is -1.11. The van der Waals surface area contributed by atoms with Crippen LogP contribution in [-0.4, -0.2) is 47.8 Å². The molecule has 184 valence electrons. The highest BCUT2D eigenvalue weighted by molar-refractivity contribution is 7.99. The number of carbonyl (C=O) groups is 2. The smallest absolute Gasteiger partial charge is 0.226 e. The number of carbonyl (C=O) groups excluding carboxylic acids is 2. The third-order valence-electron chi connectivity index (χ3n) is 7.72. The van der Waals surface area contributed by atoms with E-state index in [-0.39, 0.29) is 35.5 Å². The van der Waals surface area contributed by atoms with Crippen LogP contribution >= 0.6 is 58.2 Å². The van der Waals surface area contributed by atoms with Gasteiger partial charge in [-0.15, -0.1) is 0 Å². The highest BCUT2D eigenvalue weighted by Crippen LogP contribution is 2.55. The van der Waals surface area contributed by atoms with E-state index in [1.54, 1.807) is 0 Å². The molecule has 0 spiro atoms. The molecule has 2 saturated carbocycles. The summed E-state index contributed by atoms with van der Waals surface area (Å²) in [5.74, 6) is 0.769. The zero-order valence-electron chi connectivity index (χ0n) is 18.9. The Balaban J connectivity index is 1.16. The Morgan fingerprint density at radius 1 is 0.657 bits per heavy atom. The predicted octanol–water partition coefficient (Wildman–Crippen LogP) is 7.12. The van der Waals surface area contributed by atoms with Crippen LogP contribution in [-0.2, 0) is 9.59 Å². The second kappa shape index (κ2) is 9.33. The van der Waals surface area contributed by atoms with Gasteiger partial charge in [0, 0.05) is 47.8 Å². The van der Waals surface area contributed by atoms with Gasteiger partial charge in [0.2, 0.25) is 11.8 Å². The van der Waals surface area contributed by atoms with Gasteiger partial charge in [-0.2, -0.15) is 0 Å². The number of rotatable bonds is 6. The molecule has 0 aromatic heterocycles. The van der Waals surface area contributed by atoms with Crippen molar-refractivity contribution in [3.05, 3.63) is 55.5 Å². The van der Waals surface area contributed by atoms with Crippen LogP contribution in [0.25, 0.3) is 0 Å². The molecule has 0 bridgehead atoms. The van der Waals surface area contributed by atoms with Crippen molar-refractivity contribution in [2.24, 2.45) is 11.8 Å². The van der Waals surface area contributed by atoms with E-state index < -0.39 is 0 Å². The molecule has 6 rings (SSSR count). The quantitative estimate of drug-likeness (QED) is 0.372. The molecular formula is C26H24Cl4N2O2S. The molecule has 9 heteroatoms. The lowest BCUT2D eigenvalue weighted by Crippen LogP contribution is -2.43. The molecule has 2 aromatic carbocycles. The van der Waals surface area contributed by atoms with Gasteiger partial charge < -0.3 is 9.80 Å². The number of likely N-dealkylation sites (tertiary alicyclic amines) is 2. The summed E-state index contributed by atoms with van der Waals surface area (Å²) in [6.07, 6.45) is 3.83. The van der Waals surface area contributed by atoms with Crippen molar-refractivity contribution in [2.45, 2.75) is 47.3 Å². The molecule has 4 aliphatic rings. The third kappa shape index (κ3) is 4.35. The van der Waals surface area contributed by atoms with E-state index in [4.69, 9.17) is 46.4 Å². The molecule has 2 saturated heterocycles. The van der Waals surface area contributed by atoms with Crippen molar-refractivity contribution >= 4 is 70.0 Å². The summed E-state index contributed by atoms with van der Waals surface area (Å²) in [7, 11) is 0. The molecule has 2 aromatic rings.